The van der Waals surface area contributed by atoms with Crippen LogP contribution in [0.4, 0.5) is 5.69 Å². The van der Waals surface area contributed by atoms with Crippen LogP contribution < -0.4 is 0 Å². The second kappa shape index (κ2) is 3.60. The van der Waals surface area contributed by atoms with E-state index in [0.717, 1.165) is 5.56 Å². The molecule has 1 aromatic rings. The van der Waals surface area contributed by atoms with Gasteiger partial charge in [-0.25, -0.2) is 4.79 Å². The van der Waals surface area contributed by atoms with Gasteiger partial charge in [-0.15, -0.1) is 0 Å². The average molecular weight is 161 g/mol. The SMILES string of the molecule is Cc1ccc(C=O)cc1N=C=O. The molecule has 0 saturated heterocycles. The quantitative estimate of drug-likeness (QED) is 0.377. The monoisotopic (exact) mass is 161 g/mol. The molecule has 0 fully saturated rings. The highest BCUT2D eigenvalue weighted by Crippen LogP contribution is 2.18. The maximum atomic E-state index is 10.3. The van der Waals surface area contributed by atoms with Crippen LogP contribution in [0.1, 0.15) is 15.9 Å². The Hall–Kier alpha value is -1.73. The van der Waals surface area contributed by atoms with E-state index in [9.17, 15) is 9.59 Å². The number of aryl methyl sites for hydroxylation is 1. The number of hydrogen-bond acceptors (Lipinski definition) is 3. The van der Waals surface area contributed by atoms with E-state index >= 15 is 0 Å². The summed E-state index contributed by atoms with van der Waals surface area (Å²) in [5.74, 6) is 0. The first-order valence-electron chi connectivity index (χ1n) is 3.41. The lowest BCUT2D eigenvalue weighted by Gasteiger charge is -1.97. The number of nitrogens with zero attached hydrogens (tertiary/aromatic N) is 1. The van der Waals surface area contributed by atoms with Gasteiger partial charge >= 0.3 is 0 Å². The second-order valence-corrected chi connectivity index (χ2v) is 2.37. The summed E-state index contributed by atoms with van der Waals surface area (Å²) in [6, 6.07) is 4.96. The molecule has 0 amide bonds. The van der Waals surface area contributed by atoms with Gasteiger partial charge in [0.05, 0.1) is 5.69 Å². The zero-order chi connectivity index (χ0) is 8.97. The molecule has 0 bridgehead atoms. The molecule has 0 saturated carbocycles. The van der Waals surface area contributed by atoms with Crippen LogP contribution in [0.5, 0.6) is 0 Å². The van der Waals surface area contributed by atoms with Crippen molar-refractivity contribution < 1.29 is 9.59 Å². The summed E-state index contributed by atoms with van der Waals surface area (Å²) in [5.41, 5.74) is 1.85. The van der Waals surface area contributed by atoms with Gasteiger partial charge in [0.1, 0.15) is 6.29 Å². The first kappa shape index (κ1) is 8.37. The Morgan fingerprint density at radius 2 is 2.25 bits per heavy atom. The highest BCUT2D eigenvalue weighted by Gasteiger charge is 1.97. The molecule has 0 aliphatic carbocycles. The minimum atomic E-state index is 0.495. The maximum absolute atomic E-state index is 10.3. The Labute approximate surface area is 69.7 Å². The van der Waals surface area contributed by atoms with Gasteiger partial charge in [0, 0.05) is 5.56 Å². The van der Waals surface area contributed by atoms with Crippen molar-refractivity contribution in [2.45, 2.75) is 6.92 Å². The third-order valence-corrected chi connectivity index (χ3v) is 1.54. The van der Waals surface area contributed by atoms with Crippen molar-refractivity contribution in [1.82, 2.24) is 0 Å². The Morgan fingerprint density at radius 1 is 1.50 bits per heavy atom. The highest BCUT2D eigenvalue weighted by atomic mass is 16.1. The van der Waals surface area contributed by atoms with E-state index in [-0.39, 0.29) is 0 Å². The lowest BCUT2D eigenvalue weighted by Crippen LogP contribution is -1.80. The molecule has 0 aromatic heterocycles. The topological polar surface area (TPSA) is 46.5 Å². The normalized spacial score (nSPS) is 8.75. The van der Waals surface area contributed by atoms with E-state index < -0.39 is 0 Å². The van der Waals surface area contributed by atoms with E-state index in [1.807, 2.05) is 6.92 Å². The summed E-state index contributed by atoms with van der Waals surface area (Å²) >= 11 is 0. The Morgan fingerprint density at radius 3 is 2.83 bits per heavy atom. The first-order chi connectivity index (χ1) is 5.77. The number of carbonyl (C=O) groups excluding carboxylic acids is 2. The van der Waals surface area contributed by atoms with E-state index in [2.05, 4.69) is 4.99 Å². The molecular formula is C9H7NO2. The van der Waals surface area contributed by atoms with Gasteiger partial charge in [0.25, 0.3) is 0 Å². The molecule has 0 aliphatic rings. The van der Waals surface area contributed by atoms with E-state index in [1.54, 1.807) is 18.2 Å². The zero-order valence-electron chi connectivity index (χ0n) is 6.57. The van der Waals surface area contributed by atoms with Crippen LogP contribution in [0.25, 0.3) is 0 Å². The van der Waals surface area contributed by atoms with Crippen LogP contribution >= 0.6 is 0 Å². The van der Waals surface area contributed by atoms with Gasteiger partial charge in [-0.3, -0.25) is 4.79 Å². The van der Waals surface area contributed by atoms with Crippen LogP contribution in [0, 0.1) is 6.92 Å². The minimum Gasteiger partial charge on any atom is -0.298 e. The molecule has 0 atom stereocenters. The number of aldehydes is 1. The molecule has 3 heteroatoms. The van der Waals surface area contributed by atoms with E-state index in [0.29, 0.717) is 17.5 Å². The van der Waals surface area contributed by atoms with Crippen molar-refractivity contribution in [3.05, 3.63) is 29.3 Å². The van der Waals surface area contributed by atoms with Crippen LogP contribution in [0.3, 0.4) is 0 Å². The summed E-state index contributed by atoms with van der Waals surface area (Å²) in [5, 5.41) is 0. The molecule has 60 valence electrons. The average Bonchev–Trinajstić information content (AvgIpc) is 2.09. The smallest absolute Gasteiger partial charge is 0.240 e. The molecule has 0 radical (unpaired) electrons. The second-order valence-electron chi connectivity index (χ2n) is 2.37. The predicted octanol–water partition coefficient (Wildman–Crippen LogP) is 1.77. The van der Waals surface area contributed by atoms with Crippen molar-refractivity contribution >= 4 is 18.1 Å². The van der Waals surface area contributed by atoms with Crippen LogP contribution in [-0.2, 0) is 4.79 Å². The molecule has 0 heterocycles. The predicted molar refractivity (Wildman–Crippen MR) is 44.3 cm³/mol. The summed E-state index contributed by atoms with van der Waals surface area (Å²) in [7, 11) is 0. The fourth-order valence-corrected chi connectivity index (χ4v) is 0.869. The van der Waals surface area contributed by atoms with Gasteiger partial charge in [0.15, 0.2) is 0 Å². The summed E-state index contributed by atoms with van der Waals surface area (Å²) in [4.78, 5) is 23.7. The van der Waals surface area contributed by atoms with Crippen molar-refractivity contribution in [2.24, 2.45) is 4.99 Å². The lowest BCUT2D eigenvalue weighted by molar-refractivity contribution is 0.112. The number of aliphatic imine (C=N–C) groups is 1. The Kier molecular flexibility index (Phi) is 2.51. The van der Waals surface area contributed by atoms with Gasteiger partial charge < -0.3 is 0 Å². The molecule has 0 spiro atoms. The molecule has 1 rings (SSSR count). The van der Waals surface area contributed by atoms with Crippen LogP contribution in [0.2, 0.25) is 0 Å². The van der Waals surface area contributed by atoms with Gasteiger partial charge in [-0.1, -0.05) is 12.1 Å². The van der Waals surface area contributed by atoms with Crippen molar-refractivity contribution in [3.63, 3.8) is 0 Å². The van der Waals surface area contributed by atoms with Gasteiger partial charge in [-0.05, 0) is 18.6 Å². The third-order valence-electron chi connectivity index (χ3n) is 1.54. The molecule has 1 aromatic carbocycles. The third kappa shape index (κ3) is 1.65. The highest BCUT2D eigenvalue weighted by molar-refractivity contribution is 5.77. The molecular weight excluding hydrogens is 154 g/mol. The Balaban J connectivity index is 3.25. The van der Waals surface area contributed by atoms with Crippen molar-refractivity contribution in [1.29, 1.82) is 0 Å². The number of rotatable bonds is 2. The van der Waals surface area contributed by atoms with Crippen LogP contribution in [0.15, 0.2) is 23.2 Å². The first-order valence-corrected chi connectivity index (χ1v) is 3.41. The van der Waals surface area contributed by atoms with Gasteiger partial charge in [-0.2, -0.15) is 4.99 Å². The lowest BCUT2D eigenvalue weighted by atomic mass is 10.1. The summed E-state index contributed by atoms with van der Waals surface area (Å²) in [6.07, 6.45) is 2.15. The van der Waals surface area contributed by atoms with E-state index in [4.69, 9.17) is 0 Å². The number of carbonyl (C=O) groups is 1. The largest absolute Gasteiger partial charge is 0.298 e. The summed E-state index contributed by atoms with van der Waals surface area (Å²) < 4.78 is 0. The number of benzene rings is 1. The fraction of sp³-hybridized carbons (Fsp3) is 0.111. The standard InChI is InChI=1S/C9H7NO2/c1-7-2-3-8(5-11)4-9(7)10-6-12/h2-5H,1H3. The van der Waals surface area contributed by atoms with Gasteiger partial charge in [0.2, 0.25) is 6.08 Å². The maximum Gasteiger partial charge on any atom is 0.240 e. The fourth-order valence-electron chi connectivity index (χ4n) is 0.869. The number of isocyanates is 1. The number of hydrogen-bond donors (Lipinski definition) is 0. The zero-order valence-corrected chi connectivity index (χ0v) is 6.57. The van der Waals surface area contributed by atoms with Crippen molar-refractivity contribution in [3.8, 4) is 0 Å². The summed E-state index contributed by atoms with van der Waals surface area (Å²) in [6.45, 7) is 1.81. The molecule has 0 aliphatic heterocycles. The molecule has 0 unspecified atom stereocenters. The molecule has 3 nitrogen and oxygen atoms in total. The Bertz CT molecular complexity index is 352. The minimum absolute atomic E-state index is 0.495. The molecule has 0 N–H and O–H groups in total. The van der Waals surface area contributed by atoms with Crippen molar-refractivity contribution in [2.75, 3.05) is 0 Å². The van der Waals surface area contributed by atoms with Crippen LogP contribution in [-0.4, -0.2) is 12.4 Å². The molecule has 12 heavy (non-hydrogen) atoms. The van der Waals surface area contributed by atoms with E-state index in [1.165, 1.54) is 6.08 Å².